The first-order valence-electron chi connectivity index (χ1n) is 9.25. The zero-order valence-corrected chi connectivity index (χ0v) is 16.9. The number of carbonyl (C=O) groups excluding carboxylic acids is 1. The van der Waals surface area contributed by atoms with Gasteiger partial charge in [0.1, 0.15) is 5.82 Å². The lowest BCUT2D eigenvalue weighted by molar-refractivity contribution is 0.0724. The number of pyridine rings is 1. The van der Waals surface area contributed by atoms with E-state index in [0.29, 0.717) is 24.5 Å². The molecule has 150 valence electrons. The molecule has 0 bridgehead atoms. The van der Waals surface area contributed by atoms with Crippen molar-refractivity contribution in [1.29, 1.82) is 0 Å². The number of carbonyl (C=O) groups is 1. The quantitative estimate of drug-likeness (QED) is 0.772. The topological polar surface area (TPSA) is 97.4 Å². The number of rotatable bonds is 6. The van der Waals surface area contributed by atoms with Crippen molar-refractivity contribution in [3.05, 3.63) is 53.2 Å². The summed E-state index contributed by atoms with van der Waals surface area (Å²) in [5.74, 6) is -0.0882. The maximum atomic E-state index is 12.5. The average Bonchev–Trinajstić information content (AvgIpc) is 2.65. The first-order valence-corrected chi connectivity index (χ1v) is 10.9. The standard InChI is InChI=1S/C20H25N3O4S/c1-14-3-4-18(11-15(14)2)22-20(24)17-5-8-21-19(12-17)23-28(25,26)13-16-6-9-27-10-7-16/h3-5,8,11-12,16H,6-7,9-10,13H2,1-2H3,(H,21,23)(H,22,24). The number of sulfonamides is 1. The van der Waals surface area contributed by atoms with Gasteiger partial charge in [-0.3, -0.25) is 9.52 Å². The van der Waals surface area contributed by atoms with E-state index in [1.807, 2.05) is 32.0 Å². The molecule has 0 unspecified atom stereocenters. The fraction of sp³-hybridized carbons (Fsp3) is 0.400. The predicted octanol–water partition coefficient (Wildman–Crippen LogP) is 3.12. The molecule has 0 saturated carbocycles. The molecule has 7 nitrogen and oxygen atoms in total. The van der Waals surface area contributed by atoms with Crippen molar-refractivity contribution < 1.29 is 17.9 Å². The van der Waals surface area contributed by atoms with E-state index in [4.69, 9.17) is 4.74 Å². The highest BCUT2D eigenvalue weighted by Crippen LogP contribution is 2.19. The maximum absolute atomic E-state index is 12.5. The van der Waals surface area contributed by atoms with Crippen molar-refractivity contribution in [2.45, 2.75) is 26.7 Å². The van der Waals surface area contributed by atoms with E-state index < -0.39 is 10.0 Å². The minimum Gasteiger partial charge on any atom is -0.381 e. The summed E-state index contributed by atoms with van der Waals surface area (Å²) >= 11 is 0. The molecule has 1 amide bonds. The third kappa shape index (κ3) is 5.53. The zero-order chi connectivity index (χ0) is 20.1. The monoisotopic (exact) mass is 403 g/mol. The van der Waals surface area contributed by atoms with Gasteiger partial charge in [0.25, 0.3) is 5.91 Å². The summed E-state index contributed by atoms with van der Waals surface area (Å²) in [5, 5.41) is 2.82. The molecular weight excluding hydrogens is 378 g/mol. The number of hydrogen-bond acceptors (Lipinski definition) is 5. The summed E-state index contributed by atoms with van der Waals surface area (Å²) in [7, 11) is -3.55. The van der Waals surface area contributed by atoms with Crippen LogP contribution in [0.1, 0.15) is 34.3 Å². The van der Waals surface area contributed by atoms with Crippen LogP contribution >= 0.6 is 0 Å². The molecule has 1 aromatic carbocycles. The zero-order valence-electron chi connectivity index (χ0n) is 16.1. The molecule has 2 heterocycles. The fourth-order valence-electron chi connectivity index (χ4n) is 3.07. The Morgan fingerprint density at radius 3 is 2.61 bits per heavy atom. The second-order valence-electron chi connectivity index (χ2n) is 7.12. The van der Waals surface area contributed by atoms with Gasteiger partial charge in [0.15, 0.2) is 0 Å². The number of anilines is 2. The molecule has 0 spiro atoms. The van der Waals surface area contributed by atoms with E-state index in [1.165, 1.54) is 12.3 Å². The minimum atomic E-state index is -3.55. The number of amides is 1. The Labute approximate surface area is 165 Å². The molecule has 1 saturated heterocycles. The molecule has 2 aromatic rings. The Hall–Kier alpha value is -2.45. The molecule has 3 rings (SSSR count). The van der Waals surface area contributed by atoms with Gasteiger partial charge in [-0.25, -0.2) is 13.4 Å². The molecule has 1 aliphatic rings. The molecule has 0 radical (unpaired) electrons. The van der Waals surface area contributed by atoms with Gasteiger partial charge in [-0.05, 0) is 68.0 Å². The molecule has 1 aromatic heterocycles. The van der Waals surface area contributed by atoms with Gasteiger partial charge in [-0.15, -0.1) is 0 Å². The van der Waals surface area contributed by atoms with Crippen LogP contribution in [-0.2, 0) is 14.8 Å². The number of benzene rings is 1. The number of nitrogens with zero attached hydrogens (tertiary/aromatic N) is 1. The summed E-state index contributed by atoms with van der Waals surface area (Å²) in [6.07, 6.45) is 2.88. The van der Waals surface area contributed by atoms with Crippen molar-refractivity contribution in [3.63, 3.8) is 0 Å². The Morgan fingerprint density at radius 2 is 1.89 bits per heavy atom. The SMILES string of the molecule is Cc1ccc(NC(=O)c2ccnc(NS(=O)(=O)CC3CCOCC3)c2)cc1C. The number of nitrogens with one attached hydrogen (secondary N) is 2. The van der Waals surface area contributed by atoms with Gasteiger partial charge in [-0.2, -0.15) is 0 Å². The lowest BCUT2D eigenvalue weighted by atomic mass is 10.0. The first kappa shape index (κ1) is 20.3. The molecular formula is C20H25N3O4S. The van der Waals surface area contributed by atoms with Crippen LogP contribution in [0, 0.1) is 19.8 Å². The minimum absolute atomic E-state index is 0.0249. The van der Waals surface area contributed by atoms with Crippen LogP contribution in [0.15, 0.2) is 36.5 Å². The van der Waals surface area contributed by atoms with Crippen molar-refractivity contribution in [1.82, 2.24) is 4.98 Å². The largest absolute Gasteiger partial charge is 0.381 e. The van der Waals surface area contributed by atoms with Crippen LogP contribution in [0.5, 0.6) is 0 Å². The lowest BCUT2D eigenvalue weighted by Crippen LogP contribution is -2.27. The van der Waals surface area contributed by atoms with E-state index in [-0.39, 0.29) is 23.4 Å². The van der Waals surface area contributed by atoms with E-state index in [0.717, 1.165) is 24.0 Å². The van der Waals surface area contributed by atoms with Crippen molar-refractivity contribution >= 4 is 27.4 Å². The van der Waals surface area contributed by atoms with Crippen molar-refractivity contribution in [2.75, 3.05) is 29.0 Å². The van der Waals surface area contributed by atoms with Crippen LogP contribution < -0.4 is 10.0 Å². The lowest BCUT2D eigenvalue weighted by Gasteiger charge is -2.21. The molecule has 28 heavy (non-hydrogen) atoms. The molecule has 1 aliphatic heterocycles. The van der Waals surface area contributed by atoms with Crippen LogP contribution in [0.4, 0.5) is 11.5 Å². The van der Waals surface area contributed by atoms with Gasteiger partial charge in [0.2, 0.25) is 10.0 Å². The summed E-state index contributed by atoms with van der Waals surface area (Å²) in [6.45, 7) is 5.16. The van der Waals surface area contributed by atoms with Gasteiger partial charge in [0.05, 0.1) is 5.75 Å². The average molecular weight is 404 g/mol. The Bertz CT molecular complexity index is 954. The van der Waals surface area contributed by atoms with Gasteiger partial charge >= 0.3 is 0 Å². The number of hydrogen-bond donors (Lipinski definition) is 2. The third-order valence-corrected chi connectivity index (χ3v) is 6.27. The first-order chi connectivity index (χ1) is 13.3. The fourth-order valence-corrected chi connectivity index (χ4v) is 4.54. The summed E-state index contributed by atoms with van der Waals surface area (Å²) in [6, 6.07) is 8.66. The van der Waals surface area contributed by atoms with Gasteiger partial charge in [-0.1, -0.05) is 6.07 Å². The normalized spacial score (nSPS) is 15.2. The molecule has 0 atom stereocenters. The number of aromatic nitrogens is 1. The predicted molar refractivity (Wildman–Crippen MR) is 109 cm³/mol. The van der Waals surface area contributed by atoms with E-state index in [2.05, 4.69) is 15.0 Å². The Morgan fingerprint density at radius 1 is 1.14 bits per heavy atom. The maximum Gasteiger partial charge on any atom is 0.255 e. The Balaban J connectivity index is 1.67. The smallest absolute Gasteiger partial charge is 0.255 e. The number of ether oxygens (including phenoxy) is 1. The van der Waals surface area contributed by atoms with Crippen molar-refractivity contribution in [3.8, 4) is 0 Å². The highest BCUT2D eigenvalue weighted by atomic mass is 32.2. The van der Waals surface area contributed by atoms with E-state index >= 15 is 0 Å². The summed E-state index contributed by atoms with van der Waals surface area (Å²) in [5.41, 5.74) is 3.24. The highest BCUT2D eigenvalue weighted by molar-refractivity contribution is 7.92. The highest BCUT2D eigenvalue weighted by Gasteiger charge is 2.22. The molecule has 1 fully saturated rings. The Kier molecular flexibility index (Phi) is 6.31. The van der Waals surface area contributed by atoms with Gasteiger partial charge in [0, 0.05) is 30.7 Å². The second kappa shape index (κ2) is 8.70. The van der Waals surface area contributed by atoms with E-state index in [1.54, 1.807) is 6.07 Å². The van der Waals surface area contributed by atoms with Gasteiger partial charge < -0.3 is 10.1 Å². The van der Waals surface area contributed by atoms with E-state index in [9.17, 15) is 13.2 Å². The second-order valence-corrected chi connectivity index (χ2v) is 8.89. The summed E-state index contributed by atoms with van der Waals surface area (Å²) in [4.78, 5) is 16.6. The molecule has 2 N–H and O–H groups in total. The van der Waals surface area contributed by atoms with Crippen LogP contribution in [-0.4, -0.2) is 38.3 Å². The van der Waals surface area contributed by atoms with Crippen LogP contribution in [0.3, 0.4) is 0 Å². The van der Waals surface area contributed by atoms with Crippen LogP contribution in [0.25, 0.3) is 0 Å². The summed E-state index contributed by atoms with van der Waals surface area (Å²) < 4.78 is 32.6. The third-order valence-electron chi connectivity index (χ3n) is 4.84. The molecule has 0 aliphatic carbocycles. The number of aryl methyl sites for hydroxylation is 2. The molecule has 8 heteroatoms. The van der Waals surface area contributed by atoms with Crippen LogP contribution in [0.2, 0.25) is 0 Å². The van der Waals surface area contributed by atoms with Crippen molar-refractivity contribution in [2.24, 2.45) is 5.92 Å².